The average molecular weight is 360 g/mol. The zero-order valence-electron chi connectivity index (χ0n) is 14.5. The van der Waals surface area contributed by atoms with Crippen LogP contribution in [0, 0.1) is 5.82 Å². The van der Waals surface area contributed by atoms with E-state index in [9.17, 15) is 14.3 Å². The summed E-state index contributed by atoms with van der Waals surface area (Å²) in [7, 11) is 0. The van der Waals surface area contributed by atoms with Crippen molar-refractivity contribution >= 4 is 10.8 Å². The zero-order valence-corrected chi connectivity index (χ0v) is 14.5. The summed E-state index contributed by atoms with van der Waals surface area (Å²) in [5, 5.41) is 15.8. The summed E-state index contributed by atoms with van der Waals surface area (Å²) < 4.78 is 15.4. The summed E-state index contributed by atoms with van der Waals surface area (Å²) >= 11 is 0. The van der Waals surface area contributed by atoms with Crippen molar-refractivity contribution in [3.63, 3.8) is 0 Å². The van der Waals surface area contributed by atoms with Gasteiger partial charge < -0.3 is 5.11 Å². The van der Waals surface area contributed by atoms with Crippen molar-refractivity contribution in [1.29, 1.82) is 0 Å². The van der Waals surface area contributed by atoms with Crippen molar-refractivity contribution in [2.75, 3.05) is 0 Å². The normalized spacial score (nSPS) is 11.0. The summed E-state index contributed by atoms with van der Waals surface area (Å²) in [5.74, 6) is -0.434. The molecule has 4 aromatic rings. The number of hydrogen-bond donors (Lipinski definition) is 1. The van der Waals surface area contributed by atoms with Crippen LogP contribution in [0.5, 0.6) is 0 Å². The number of nitrogens with zero attached hydrogens (tertiary/aromatic N) is 2. The fraction of sp³-hybridized carbons (Fsp3) is 0.0909. The quantitative estimate of drug-likeness (QED) is 0.603. The number of benzene rings is 3. The van der Waals surface area contributed by atoms with Gasteiger partial charge in [0.15, 0.2) is 0 Å². The molecule has 0 fully saturated rings. The molecule has 0 amide bonds. The van der Waals surface area contributed by atoms with E-state index in [-0.39, 0.29) is 18.7 Å². The lowest BCUT2D eigenvalue weighted by molar-refractivity contribution is 0.281. The van der Waals surface area contributed by atoms with E-state index in [1.54, 1.807) is 12.1 Å². The van der Waals surface area contributed by atoms with E-state index >= 15 is 0 Å². The van der Waals surface area contributed by atoms with E-state index in [0.717, 1.165) is 16.3 Å². The first-order valence-electron chi connectivity index (χ1n) is 8.60. The molecule has 0 atom stereocenters. The second kappa shape index (κ2) is 7.13. The van der Waals surface area contributed by atoms with Crippen molar-refractivity contribution in [2.45, 2.75) is 13.2 Å². The molecular formula is C22H17FN2O2. The van der Waals surface area contributed by atoms with Gasteiger partial charge in [-0.1, -0.05) is 48.5 Å². The fourth-order valence-electron chi connectivity index (χ4n) is 3.16. The van der Waals surface area contributed by atoms with Crippen LogP contribution >= 0.6 is 0 Å². The first-order valence-corrected chi connectivity index (χ1v) is 8.60. The topological polar surface area (TPSA) is 55.1 Å². The van der Waals surface area contributed by atoms with Crippen LogP contribution in [0.3, 0.4) is 0 Å². The van der Waals surface area contributed by atoms with Crippen LogP contribution in [0.25, 0.3) is 22.0 Å². The summed E-state index contributed by atoms with van der Waals surface area (Å²) in [5.41, 5.74) is 2.14. The molecular weight excluding hydrogens is 343 g/mol. The maximum atomic E-state index is 14.1. The molecule has 0 saturated carbocycles. The van der Waals surface area contributed by atoms with Gasteiger partial charge in [0.05, 0.1) is 18.8 Å². The minimum absolute atomic E-state index is 0.00286. The van der Waals surface area contributed by atoms with Crippen molar-refractivity contribution in [1.82, 2.24) is 9.78 Å². The highest BCUT2D eigenvalue weighted by molar-refractivity contribution is 5.95. The van der Waals surface area contributed by atoms with Crippen molar-refractivity contribution in [3.8, 4) is 11.3 Å². The second-order valence-electron chi connectivity index (χ2n) is 6.33. The maximum Gasteiger partial charge on any atom is 0.267 e. The van der Waals surface area contributed by atoms with E-state index in [0.29, 0.717) is 16.8 Å². The highest BCUT2D eigenvalue weighted by Gasteiger charge is 2.10. The Bertz CT molecular complexity index is 1180. The molecule has 0 saturated heterocycles. The van der Waals surface area contributed by atoms with Crippen LogP contribution in [-0.2, 0) is 13.2 Å². The number of aromatic nitrogens is 2. The van der Waals surface area contributed by atoms with Crippen LogP contribution in [-0.4, -0.2) is 14.9 Å². The molecule has 0 aliphatic rings. The van der Waals surface area contributed by atoms with Crippen LogP contribution in [0.15, 0.2) is 77.6 Å². The van der Waals surface area contributed by atoms with Gasteiger partial charge in [-0.3, -0.25) is 4.79 Å². The SMILES string of the molecule is O=c1ccc(-c2cccc3ccccc23)nn1Cc1cc(CO)ccc1F. The standard InChI is InChI=1S/C22H17FN2O2/c23-20-9-8-15(14-26)12-17(20)13-25-22(27)11-10-21(24-25)19-7-3-5-16-4-1-2-6-18(16)19/h1-12,26H,13-14H2. The third-order valence-corrected chi connectivity index (χ3v) is 4.55. The highest BCUT2D eigenvalue weighted by Crippen LogP contribution is 2.26. The first-order chi connectivity index (χ1) is 13.2. The number of rotatable bonds is 4. The smallest absolute Gasteiger partial charge is 0.267 e. The largest absolute Gasteiger partial charge is 0.392 e. The molecule has 1 aromatic heterocycles. The molecule has 0 aliphatic carbocycles. The Kier molecular flexibility index (Phi) is 4.52. The summed E-state index contributed by atoms with van der Waals surface area (Å²) in [6.07, 6.45) is 0. The minimum Gasteiger partial charge on any atom is -0.392 e. The maximum absolute atomic E-state index is 14.1. The Morgan fingerprint density at radius 3 is 2.63 bits per heavy atom. The Balaban J connectivity index is 1.79. The molecule has 0 aliphatic heterocycles. The minimum atomic E-state index is -0.434. The Labute approximate surface area is 155 Å². The Morgan fingerprint density at radius 2 is 1.78 bits per heavy atom. The molecule has 1 heterocycles. The molecule has 0 bridgehead atoms. The molecule has 134 valence electrons. The zero-order chi connectivity index (χ0) is 18.8. The Hall–Kier alpha value is -3.31. The second-order valence-corrected chi connectivity index (χ2v) is 6.33. The predicted octanol–water partition coefficient (Wildman–Crippen LogP) is 3.74. The third-order valence-electron chi connectivity index (χ3n) is 4.55. The van der Waals surface area contributed by atoms with Crippen molar-refractivity contribution in [2.24, 2.45) is 0 Å². The van der Waals surface area contributed by atoms with Crippen molar-refractivity contribution in [3.05, 3.63) is 100 Å². The van der Waals surface area contributed by atoms with Crippen molar-refractivity contribution < 1.29 is 9.50 Å². The van der Waals surface area contributed by atoms with E-state index in [1.807, 2.05) is 42.5 Å². The number of fused-ring (bicyclic) bond motifs is 1. The van der Waals surface area contributed by atoms with E-state index in [2.05, 4.69) is 5.10 Å². The van der Waals surface area contributed by atoms with Gasteiger partial charge in [-0.2, -0.15) is 5.10 Å². The molecule has 5 heteroatoms. The van der Waals surface area contributed by atoms with Crippen LogP contribution < -0.4 is 5.56 Å². The highest BCUT2D eigenvalue weighted by atomic mass is 19.1. The summed E-state index contributed by atoms with van der Waals surface area (Å²) in [6, 6.07) is 21.3. The van der Waals surface area contributed by atoms with Gasteiger partial charge in [0.25, 0.3) is 5.56 Å². The van der Waals surface area contributed by atoms with Gasteiger partial charge in [0, 0.05) is 17.2 Å². The van der Waals surface area contributed by atoms with Gasteiger partial charge >= 0.3 is 0 Å². The molecule has 1 N–H and O–H groups in total. The number of aliphatic hydroxyl groups is 1. The predicted molar refractivity (Wildman–Crippen MR) is 103 cm³/mol. The fourth-order valence-corrected chi connectivity index (χ4v) is 3.16. The molecule has 0 unspecified atom stereocenters. The lowest BCUT2D eigenvalue weighted by Gasteiger charge is -2.10. The first kappa shape index (κ1) is 17.1. The van der Waals surface area contributed by atoms with Crippen LogP contribution in [0.1, 0.15) is 11.1 Å². The van der Waals surface area contributed by atoms with Gasteiger partial charge in [-0.15, -0.1) is 0 Å². The lowest BCUT2D eigenvalue weighted by Crippen LogP contribution is -2.23. The number of hydrogen-bond acceptors (Lipinski definition) is 3. The van der Waals surface area contributed by atoms with Gasteiger partial charge in [0.2, 0.25) is 0 Å². The van der Waals surface area contributed by atoms with Gasteiger partial charge in [0.1, 0.15) is 5.82 Å². The number of aliphatic hydroxyl groups excluding tert-OH is 1. The van der Waals surface area contributed by atoms with E-state index in [4.69, 9.17) is 0 Å². The van der Waals surface area contributed by atoms with Crippen LogP contribution in [0.4, 0.5) is 4.39 Å². The third kappa shape index (κ3) is 3.37. The number of halogens is 1. The Morgan fingerprint density at radius 1 is 0.963 bits per heavy atom. The lowest BCUT2D eigenvalue weighted by atomic mass is 10.0. The molecule has 4 nitrogen and oxygen atoms in total. The van der Waals surface area contributed by atoms with E-state index < -0.39 is 5.82 Å². The molecule has 0 spiro atoms. The van der Waals surface area contributed by atoms with Crippen LogP contribution in [0.2, 0.25) is 0 Å². The molecule has 4 rings (SSSR count). The summed E-state index contributed by atoms with van der Waals surface area (Å²) in [6.45, 7) is -0.192. The van der Waals surface area contributed by atoms with E-state index in [1.165, 1.54) is 22.9 Å². The molecule has 27 heavy (non-hydrogen) atoms. The van der Waals surface area contributed by atoms with Gasteiger partial charge in [-0.25, -0.2) is 9.07 Å². The summed E-state index contributed by atoms with van der Waals surface area (Å²) in [4.78, 5) is 12.3. The monoisotopic (exact) mass is 360 g/mol. The van der Waals surface area contributed by atoms with Gasteiger partial charge in [-0.05, 0) is 34.5 Å². The molecule has 0 radical (unpaired) electrons. The molecule has 3 aromatic carbocycles. The average Bonchev–Trinajstić information content (AvgIpc) is 2.71.